The third-order valence-corrected chi connectivity index (χ3v) is 2.28. The van der Waals surface area contributed by atoms with Gasteiger partial charge >= 0.3 is 0 Å². The molecular weight excluding hydrogens is 190 g/mol. The van der Waals surface area contributed by atoms with E-state index in [9.17, 15) is 0 Å². The fourth-order valence-electron chi connectivity index (χ4n) is 1.32. The smallest absolute Gasteiger partial charge is 0.0264 e. The minimum atomic E-state index is -0.188. The monoisotopic (exact) mass is 217 g/mol. The molecule has 0 heterocycles. The molecular formula is C10H27N5. The lowest BCUT2D eigenvalue weighted by Gasteiger charge is -2.24. The first-order valence-corrected chi connectivity index (χ1v) is 5.73. The molecule has 0 rings (SSSR count). The van der Waals surface area contributed by atoms with Gasteiger partial charge in [-0.05, 0) is 39.4 Å². The highest BCUT2D eigenvalue weighted by molar-refractivity contribution is 4.81. The van der Waals surface area contributed by atoms with E-state index in [-0.39, 0.29) is 5.54 Å². The quantitative estimate of drug-likeness (QED) is 0.289. The van der Waals surface area contributed by atoms with Crippen molar-refractivity contribution in [3.05, 3.63) is 0 Å². The van der Waals surface area contributed by atoms with Gasteiger partial charge in [0.05, 0.1) is 0 Å². The highest BCUT2D eigenvalue weighted by atomic mass is 15.0. The van der Waals surface area contributed by atoms with Crippen LogP contribution in [0.4, 0.5) is 0 Å². The zero-order valence-corrected chi connectivity index (χ0v) is 9.89. The van der Waals surface area contributed by atoms with Crippen LogP contribution < -0.4 is 27.8 Å². The lowest BCUT2D eigenvalue weighted by molar-refractivity contribution is 0.405. The molecule has 15 heavy (non-hydrogen) atoms. The van der Waals surface area contributed by atoms with E-state index in [2.05, 4.69) is 10.6 Å². The van der Waals surface area contributed by atoms with Gasteiger partial charge < -0.3 is 27.8 Å². The summed E-state index contributed by atoms with van der Waals surface area (Å²) in [5.74, 6) is 0. The van der Waals surface area contributed by atoms with Crippen LogP contribution in [0.25, 0.3) is 0 Å². The summed E-state index contributed by atoms with van der Waals surface area (Å²) in [7, 11) is 0. The van der Waals surface area contributed by atoms with Crippen LogP contribution in [0.1, 0.15) is 19.8 Å². The Morgan fingerprint density at radius 1 is 1.00 bits per heavy atom. The molecule has 0 saturated carbocycles. The van der Waals surface area contributed by atoms with Gasteiger partial charge in [-0.2, -0.15) is 0 Å². The summed E-state index contributed by atoms with van der Waals surface area (Å²) in [6, 6.07) is 0. The first-order valence-electron chi connectivity index (χ1n) is 5.73. The van der Waals surface area contributed by atoms with Crippen molar-refractivity contribution in [1.82, 2.24) is 10.6 Å². The van der Waals surface area contributed by atoms with Crippen molar-refractivity contribution in [2.24, 2.45) is 17.2 Å². The second kappa shape index (κ2) is 9.06. The average Bonchev–Trinajstić information content (AvgIpc) is 2.16. The molecule has 0 amide bonds. The summed E-state index contributed by atoms with van der Waals surface area (Å²) in [5.41, 5.74) is 16.7. The molecule has 0 fully saturated rings. The highest BCUT2D eigenvalue weighted by Gasteiger charge is 2.15. The van der Waals surface area contributed by atoms with Crippen LogP contribution in [0.2, 0.25) is 0 Å². The molecule has 0 aromatic rings. The summed E-state index contributed by atoms with van der Waals surface area (Å²) in [6.45, 7) is 7.10. The van der Waals surface area contributed by atoms with Crippen LogP contribution in [-0.2, 0) is 0 Å². The zero-order valence-electron chi connectivity index (χ0n) is 9.89. The van der Waals surface area contributed by atoms with Crippen LogP contribution in [0.15, 0.2) is 0 Å². The second-order valence-corrected chi connectivity index (χ2v) is 4.26. The predicted octanol–water partition coefficient (Wildman–Crippen LogP) is -1.42. The minimum Gasteiger partial charge on any atom is -0.330 e. The molecule has 0 aromatic carbocycles. The van der Waals surface area contributed by atoms with Crippen molar-refractivity contribution in [2.45, 2.75) is 25.3 Å². The lowest BCUT2D eigenvalue weighted by Crippen LogP contribution is -2.48. The van der Waals surface area contributed by atoms with Gasteiger partial charge in [-0.1, -0.05) is 0 Å². The largest absolute Gasteiger partial charge is 0.330 e. The van der Waals surface area contributed by atoms with Crippen LogP contribution in [0.5, 0.6) is 0 Å². The zero-order chi connectivity index (χ0) is 11.6. The van der Waals surface area contributed by atoms with Gasteiger partial charge in [-0.25, -0.2) is 0 Å². The number of nitrogens with two attached hydrogens (primary N) is 3. The molecule has 0 aliphatic carbocycles. The molecule has 0 bridgehead atoms. The summed E-state index contributed by atoms with van der Waals surface area (Å²) in [6.07, 6.45) is 1.88. The normalized spacial score (nSPS) is 15.2. The second-order valence-electron chi connectivity index (χ2n) is 4.26. The fraction of sp³-hybridized carbons (Fsp3) is 1.00. The maximum Gasteiger partial charge on any atom is 0.0264 e. The van der Waals surface area contributed by atoms with Gasteiger partial charge in [0, 0.05) is 25.2 Å². The van der Waals surface area contributed by atoms with Crippen LogP contribution in [0, 0.1) is 0 Å². The van der Waals surface area contributed by atoms with E-state index >= 15 is 0 Å². The molecule has 8 N–H and O–H groups in total. The van der Waals surface area contributed by atoms with Crippen molar-refractivity contribution in [3.8, 4) is 0 Å². The highest BCUT2D eigenvalue weighted by Crippen LogP contribution is 2.00. The number of rotatable bonds is 10. The van der Waals surface area contributed by atoms with E-state index in [1.54, 1.807) is 0 Å². The van der Waals surface area contributed by atoms with Gasteiger partial charge in [0.15, 0.2) is 0 Å². The van der Waals surface area contributed by atoms with Gasteiger partial charge in [0.2, 0.25) is 0 Å². The summed E-state index contributed by atoms with van der Waals surface area (Å²) in [5, 5.41) is 6.61. The third kappa shape index (κ3) is 10.1. The van der Waals surface area contributed by atoms with Crippen molar-refractivity contribution in [1.29, 1.82) is 0 Å². The van der Waals surface area contributed by atoms with Gasteiger partial charge in [0.1, 0.15) is 0 Å². The Morgan fingerprint density at radius 3 is 2.27 bits per heavy atom. The molecule has 0 saturated heterocycles. The molecule has 0 aliphatic rings. The van der Waals surface area contributed by atoms with E-state index < -0.39 is 0 Å². The van der Waals surface area contributed by atoms with Crippen molar-refractivity contribution < 1.29 is 0 Å². The SMILES string of the molecule is CC(N)(CCN)CNCCNCCCN. The predicted molar refractivity (Wildman–Crippen MR) is 65.7 cm³/mol. The van der Waals surface area contributed by atoms with E-state index in [4.69, 9.17) is 17.2 Å². The molecule has 0 radical (unpaired) electrons. The Bertz CT molecular complexity index is 138. The van der Waals surface area contributed by atoms with Gasteiger partial charge in [-0.3, -0.25) is 0 Å². The van der Waals surface area contributed by atoms with Gasteiger partial charge in [-0.15, -0.1) is 0 Å². The van der Waals surface area contributed by atoms with Crippen molar-refractivity contribution >= 4 is 0 Å². The summed E-state index contributed by atoms with van der Waals surface area (Å²) >= 11 is 0. The van der Waals surface area contributed by atoms with E-state index in [0.29, 0.717) is 6.54 Å². The average molecular weight is 217 g/mol. The van der Waals surface area contributed by atoms with Crippen molar-refractivity contribution in [2.75, 3.05) is 39.3 Å². The summed E-state index contributed by atoms with van der Waals surface area (Å²) < 4.78 is 0. The van der Waals surface area contributed by atoms with E-state index in [1.807, 2.05) is 6.92 Å². The van der Waals surface area contributed by atoms with Crippen LogP contribution in [-0.4, -0.2) is 44.8 Å². The van der Waals surface area contributed by atoms with Crippen LogP contribution in [0.3, 0.4) is 0 Å². The molecule has 1 atom stereocenters. The molecule has 0 aromatic heterocycles. The van der Waals surface area contributed by atoms with Gasteiger partial charge in [0.25, 0.3) is 0 Å². The fourth-order valence-corrected chi connectivity index (χ4v) is 1.32. The molecule has 1 unspecified atom stereocenters. The Labute approximate surface area is 93.1 Å². The first kappa shape index (κ1) is 14.8. The maximum atomic E-state index is 6.01. The Hall–Kier alpha value is -0.200. The number of hydrogen-bond acceptors (Lipinski definition) is 5. The standard InChI is InChI=1S/C10H27N5/c1-10(13,3-5-12)9-15-8-7-14-6-2-4-11/h14-15H,2-9,11-13H2,1H3. The summed E-state index contributed by atoms with van der Waals surface area (Å²) in [4.78, 5) is 0. The molecule has 5 nitrogen and oxygen atoms in total. The molecule has 0 spiro atoms. The Morgan fingerprint density at radius 2 is 1.67 bits per heavy atom. The van der Waals surface area contributed by atoms with E-state index in [0.717, 1.165) is 45.6 Å². The Kier molecular flexibility index (Phi) is 8.94. The van der Waals surface area contributed by atoms with Crippen LogP contribution >= 0.6 is 0 Å². The number of hydrogen-bond donors (Lipinski definition) is 5. The Balaban J connectivity index is 3.22. The molecule has 92 valence electrons. The van der Waals surface area contributed by atoms with Crippen molar-refractivity contribution in [3.63, 3.8) is 0 Å². The minimum absolute atomic E-state index is 0.188. The lowest BCUT2D eigenvalue weighted by atomic mass is 10.00. The van der Waals surface area contributed by atoms with E-state index in [1.165, 1.54) is 0 Å². The molecule has 5 heteroatoms. The molecule has 0 aliphatic heterocycles. The third-order valence-electron chi connectivity index (χ3n) is 2.28. The first-order chi connectivity index (χ1) is 7.12. The topological polar surface area (TPSA) is 102 Å². The maximum absolute atomic E-state index is 6.01. The number of nitrogens with one attached hydrogen (secondary N) is 2.